The molecule has 3 heterocycles. The Bertz CT molecular complexity index is 741. The highest BCUT2D eigenvalue weighted by molar-refractivity contribution is 5.92. The van der Waals surface area contributed by atoms with Crippen molar-refractivity contribution in [2.45, 2.75) is 38.8 Å². The minimum absolute atomic E-state index is 0.0878. The van der Waals surface area contributed by atoms with Gasteiger partial charge in [-0.3, -0.25) is 14.5 Å². The van der Waals surface area contributed by atoms with Gasteiger partial charge in [0.2, 0.25) is 0 Å². The maximum Gasteiger partial charge on any atom is 0.274 e. The summed E-state index contributed by atoms with van der Waals surface area (Å²) in [7, 11) is 0. The lowest BCUT2D eigenvalue weighted by Gasteiger charge is -2.33. The third-order valence-corrected chi connectivity index (χ3v) is 4.87. The number of fused-ring (bicyclic) bond motifs is 1. The van der Waals surface area contributed by atoms with Crippen LogP contribution in [0.15, 0.2) is 24.8 Å². The minimum atomic E-state index is -0.0878. The van der Waals surface area contributed by atoms with Crippen LogP contribution in [0.4, 0.5) is 0 Å². The molecule has 2 aromatic heterocycles. The fraction of sp³-hybridized carbons (Fsp3) is 0.556. The molecule has 0 spiro atoms. The molecule has 0 unspecified atom stereocenters. The van der Waals surface area contributed by atoms with Crippen LogP contribution in [0.25, 0.3) is 0 Å². The monoisotopic (exact) mass is 341 g/mol. The van der Waals surface area contributed by atoms with Gasteiger partial charge in [-0.25, -0.2) is 4.98 Å². The van der Waals surface area contributed by atoms with Crippen molar-refractivity contribution in [1.29, 1.82) is 0 Å². The molecule has 1 amide bonds. The van der Waals surface area contributed by atoms with Gasteiger partial charge in [0, 0.05) is 50.1 Å². The number of hydrogen-bond acceptors (Lipinski definition) is 5. The molecule has 25 heavy (non-hydrogen) atoms. The van der Waals surface area contributed by atoms with Crippen LogP contribution >= 0.6 is 0 Å². The summed E-state index contributed by atoms with van der Waals surface area (Å²) in [5, 5.41) is 4.60. The average Bonchev–Trinajstić information content (AvgIpc) is 3.38. The first-order valence-corrected chi connectivity index (χ1v) is 8.94. The van der Waals surface area contributed by atoms with Crippen molar-refractivity contribution >= 4 is 5.91 Å². The fourth-order valence-electron chi connectivity index (χ4n) is 3.46. The van der Waals surface area contributed by atoms with Gasteiger partial charge in [-0.05, 0) is 25.7 Å². The number of nitrogens with zero attached hydrogens (tertiary/aromatic N) is 5. The summed E-state index contributed by atoms with van der Waals surface area (Å²) in [6, 6.07) is 0. The third-order valence-electron chi connectivity index (χ3n) is 4.87. The molecular formula is C18H23N5O2. The van der Waals surface area contributed by atoms with Crippen LogP contribution < -0.4 is 0 Å². The molecule has 0 bridgehead atoms. The zero-order valence-corrected chi connectivity index (χ0v) is 14.5. The highest BCUT2D eigenvalue weighted by Gasteiger charge is 2.34. The molecule has 1 saturated carbocycles. The Balaban J connectivity index is 1.59. The van der Waals surface area contributed by atoms with Gasteiger partial charge in [-0.1, -0.05) is 0 Å². The topological polar surface area (TPSA) is 73.1 Å². The number of carbonyl (C=O) groups excluding carboxylic acids is 1. The summed E-state index contributed by atoms with van der Waals surface area (Å²) in [5.74, 6) is 0.816. The lowest BCUT2D eigenvalue weighted by Crippen LogP contribution is -2.40. The maximum atomic E-state index is 12.8. The van der Waals surface area contributed by atoms with E-state index in [1.165, 1.54) is 24.7 Å². The first kappa shape index (κ1) is 16.2. The van der Waals surface area contributed by atoms with E-state index in [1.807, 2.05) is 18.0 Å². The average molecular weight is 341 g/mol. The summed E-state index contributed by atoms with van der Waals surface area (Å²) in [6.07, 6.45) is 9.14. The fourth-order valence-corrected chi connectivity index (χ4v) is 3.46. The van der Waals surface area contributed by atoms with Crippen LogP contribution in [0.2, 0.25) is 0 Å². The van der Waals surface area contributed by atoms with Gasteiger partial charge < -0.3 is 9.64 Å². The molecule has 4 rings (SSSR count). The molecule has 132 valence electrons. The van der Waals surface area contributed by atoms with Gasteiger partial charge in [0.15, 0.2) is 0 Å². The molecule has 1 atom stereocenters. The smallest absolute Gasteiger partial charge is 0.274 e. The summed E-state index contributed by atoms with van der Waals surface area (Å²) < 4.78 is 7.84. The zero-order chi connectivity index (χ0) is 17.2. The van der Waals surface area contributed by atoms with Gasteiger partial charge in [-0.15, -0.1) is 0 Å². The van der Waals surface area contributed by atoms with Crippen molar-refractivity contribution in [3.8, 4) is 0 Å². The number of ether oxygens (including phenoxy) is 1. The second-order valence-corrected chi connectivity index (χ2v) is 6.81. The molecule has 0 N–H and O–H groups in total. The molecule has 7 nitrogen and oxygen atoms in total. The first-order chi connectivity index (χ1) is 12.3. The molecule has 1 aliphatic carbocycles. The predicted molar refractivity (Wildman–Crippen MR) is 91.0 cm³/mol. The van der Waals surface area contributed by atoms with Gasteiger partial charge in [-0.2, -0.15) is 5.10 Å². The van der Waals surface area contributed by atoms with E-state index in [0.717, 1.165) is 18.0 Å². The lowest BCUT2D eigenvalue weighted by molar-refractivity contribution is 0.0640. The Labute approximate surface area is 147 Å². The quantitative estimate of drug-likeness (QED) is 0.802. The Kier molecular flexibility index (Phi) is 4.48. The maximum absolute atomic E-state index is 12.8. The highest BCUT2D eigenvalue weighted by Crippen LogP contribution is 2.34. The number of amides is 1. The highest BCUT2D eigenvalue weighted by atomic mass is 16.5. The van der Waals surface area contributed by atoms with Crippen molar-refractivity contribution in [2.75, 3.05) is 19.8 Å². The Morgan fingerprint density at radius 1 is 1.32 bits per heavy atom. The second-order valence-electron chi connectivity index (χ2n) is 6.81. The van der Waals surface area contributed by atoms with Gasteiger partial charge in [0.05, 0.1) is 24.7 Å². The summed E-state index contributed by atoms with van der Waals surface area (Å²) in [5.41, 5.74) is 2.74. The molecule has 2 aromatic rings. The molecule has 0 saturated heterocycles. The van der Waals surface area contributed by atoms with Crippen molar-refractivity contribution in [3.05, 3.63) is 41.7 Å². The largest absolute Gasteiger partial charge is 0.381 e. The van der Waals surface area contributed by atoms with Crippen LogP contribution in [0.1, 0.15) is 47.4 Å². The van der Waals surface area contributed by atoms with E-state index < -0.39 is 0 Å². The number of rotatable bonds is 6. The van der Waals surface area contributed by atoms with E-state index >= 15 is 0 Å². The number of aromatic nitrogens is 4. The third kappa shape index (κ3) is 3.42. The first-order valence-electron chi connectivity index (χ1n) is 8.94. The van der Waals surface area contributed by atoms with E-state index in [-0.39, 0.29) is 11.8 Å². The Morgan fingerprint density at radius 3 is 2.92 bits per heavy atom. The van der Waals surface area contributed by atoms with Gasteiger partial charge >= 0.3 is 0 Å². The van der Waals surface area contributed by atoms with E-state index in [2.05, 4.69) is 19.7 Å². The second kappa shape index (κ2) is 6.92. The number of carbonyl (C=O) groups is 1. The normalized spacial score (nSPS) is 19.7. The van der Waals surface area contributed by atoms with E-state index in [0.29, 0.717) is 32.0 Å². The molecular weight excluding hydrogens is 318 g/mol. The Morgan fingerprint density at radius 2 is 2.20 bits per heavy atom. The molecule has 2 aliphatic rings. The zero-order valence-electron chi connectivity index (χ0n) is 14.5. The van der Waals surface area contributed by atoms with Crippen molar-refractivity contribution in [2.24, 2.45) is 5.92 Å². The van der Waals surface area contributed by atoms with Crippen LogP contribution in [0.5, 0.6) is 0 Å². The van der Waals surface area contributed by atoms with Crippen molar-refractivity contribution < 1.29 is 9.53 Å². The predicted octanol–water partition coefficient (Wildman–Crippen LogP) is 1.86. The van der Waals surface area contributed by atoms with Crippen molar-refractivity contribution in [3.63, 3.8) is 0 Å². The van der Waals surface area contributed by atoms with Crippen LogP contribution in [-0.4, -0.2) is 50.3 Å². The minimum Gasteiger partial charge on any atom is -0.381 e. The van der Waals surface area contributed by atoms with E-state index in [1.54, 1.807) is 12.4 Å². The van der Waals surface area contributed by atoms with E-state index in [4.69, 9.17) is 4.74 Å². The van der Waals surface area contributed by atoms with Crippen LogP contribution in [-0.2, 0) is 17.8 Å². The van der Waals surface area contributed by atoms with Crippen LogP contribution in [0.3, 0.4) is 0 Å². The summed E-state index contributed by atoms with van der Waals surface area (Å²) >= 11 is 0. The van der Waals surface area contributed by atoms with Crippen LogP contribution in [0, 0.1) is 5.92 Å². The number of hydrogen-bond donors (Lipinski definition) is 0. The molecule has 0 radical (unpaired) electrons. The van der Waals surface area contributed by atoms with Crippen molar-refractivity contribution in [1.82, 2.24) is 24.6 Å². The lowest BCUT2D eigenvalue weighted by atomic mass is 9.96. The standard InChI is InChI=1S/C18H23N5O2/c1-2-25-12-15-11-22(18(24)16-8-19-5-6-20-16)10-14-7-21-23(17(14)15)9-13-3-4-13/h5-8,13,15H,2-4,9-12H2,1H3/t15-/m1/s1. The molecule has 1 aliphatic heterocycles. The Hall–Kier alpha value is -2.28. The molecule has 1 fully saturated rings. The van der Waals surface area contributed by atoms with E-state index in [9.17, 15) is 4.79 Å². The van der Waals surface area contributed by atoms with Gasteiger partial charge in [0.25, 0.3) is 5.91 Å². The molecule has 7 heteroatoms. The summed E-state index contributed by atoms with van der Waals surface area (Å²) in [4.78, 5) is 22.8. The SMILES string of the molecule is CCOC[C@H]1CN(C(=O)c2cnccn2)Cc2cnn(CC3CC3)c21. The summed E-state index contributed by atoms with van der Waals surface area (Å²) in [6.45, 7) is 5.44. The van der Waals surface area contributed by atoms with Gasteiger partial charge in [0.1, 0.15) is 5.69 Å². The molecule has 0 aromatic carbocycles.